The molecule has 0 saturated carbocycles. The fraction of sp³-hybridized carbons (Fsp3) is 0.176. The van der Waals surface area contributed by atoms with Gasteiger partial charge in [-0.3, -0.25) is 0 Å². The minimum absolute atomic E-state index is 0.445. The van der Waals surface area contributed by atoms with Gasteiger partial charge in [-0.15, -0.1) is 0 Å². The number of hydrogen-bond acceptors (Lipinski definition) is 0. The first-order valence-electron chi connectivity index (χ1n) is 6.13. The molecule has 2 rings (SSSR count). The van der Waals surface area contributed by atoms with Crippen LogP contribution in [0.5, 0.6) is 0 Å². The van der Waals surface area contributed by atoms with Crippen LogP contribution in [0, 0.1) is 15.8 Å². The Morgan fingerprint density at radius 1 is 0.778 bits per heavy atom. The average Bonchev–Trinajstić information content (AvgIpc) is 2.41. The minimum atomic E-state index is -1.71. The molecule has 0 amide bonds. The van der Waals surface area contributed by atoms with E-state index in [9.17, 15) is 0 Å². The number of hydrogen-bond donors (Lipinski definition) is 0. The van der Waals surface area contributed by atoms with E-state index in [-0.39, 0.29) is 0 Å². The molecule has 0 fully saturated rings. The van der Waals surface area contributed by atoms with E-state index < -0.39 is 19.6 Å². The second-order valence-corrected chi connectivity index (χ2v) is 9.35. The Bertz CT molecular complexity index is 493. The van der Waals surface area contributed by atoms with Crippen molar-refractivity contribution < 1.29 is 0 Å². The maximum atomic E-state index is 3.57. The zero-order valence-corrected chi connectivity index (χ0v) is 13.1. The van der Waals surface area contributed by atoms with Gasteiger partial charge in [0.1, 0.15) is 0 Å². The van der Waals surface area contributed by atoms with Crippen molar-refractivity contribution >= 4 is 26.8 Å². The predicted octanol–water partition coefficient (Wildman–Crippen LogP) is 2.49. The van der Waals surface area contributed by atoms with Crippen LogP contribution in [-0.2, 0) is 0 Å². The first-order valence-corrected chi connectivity index (χ1v) is 9.62. The van der Waals surface area contributed by atoms with Gasteiger partial charge in [0.25, 0.3) is 0 Å². The second kappa shape index (κ2) is 6.65. The van der Waals surface area contributed by atoms with Gasteiger partial charge in [0.2, 0.25) is 0 Å². The number of benzene rings is 2. The van der Waals surface area contributed by atoms with Crippen molar-refractivity contribution in [3.8, 4) is 9.89 Å². The van der Waals surface area contributed by atoms with Crippen molar-refractivity contribution in [2.24, 2.45) is 5.92 Å². The fourth-order valence-electron chi connectivity index (χ4n) is 1.54. The Morgan fingerprint density at radius 2 is 1.22 bits per heavy atom. The van der Waals surface area contributed by atoms with Crippen LogP contribution in [0.1, 0.15) is 13.8 Å². The van der Waals surface area contributed by atoms with E-state index in [0.717, 1.165) is 0 Å². The van der Waals surface area contributed by atoms with Crippen molar-refractivity contribution in [3.05, 3.63) is 60.7 Å². The Kier molecular flexibility index (Phi) is 4.89. The molecule has 2 aromatic carbocycles. The first-order chi connectivity index (χ1) is 8.77. The zero-order valence-electron chi connectivity index (χ0n) is 10.8. The van der Waals surface area contributed by atoms with Crippen molar-refractivity contribution in [1.82, 2.24) is 0 Å². The SMILES string of the molecule is CC(C)C#C[Te+](c1ccccc1)c1ccccc1. The summed E-state index contributed by atoms with van der Waals surface area (Å²) in [6.45, 7) is 4.30. The Morgan fingerprint density at radius 3 is 1.61 bits per heavy atom. The first kappa shape index (κ1) is 13.2. The van der Waals surface area contributed by atoms with E-state index >= 15 is 0 Å². The van der Waals surface area contributed by atoms with Crippen LogP contribution in [0.15, 0.2) is 60.7 Å². The molecule has 0 aliphatic heterocycles. The molecule has 0 heterocycles. The molecule has 2 aromatic rings. The van der Waals surface area contributed by atoms with Crippen LogP contribution < -0.4 is 7.22 Å². The van der Waals surface area contributed by atoms with E-state index in [1.54, 1.807) is 0 Å². The summed E-state index contributed by atoms with van der Waals surface area (Å²) in [5, 5.41) is 0. The molecule has 0 unspecified atom stereocenters. The van der Waals surface area contributed by atoms with Crippen LogP contribution in [0.2, 0.25) is 0 Å². The summed E-state index contributed by atoms with van der Waals surface area (Å²) in [6.07, 6.45) is 0. The summed E-state index contributed by atoms with van der Waals surface area (Å²) >= 11 is -1.71. The fourth-order valence-corrected chi connectivity index (χ4v) is 6.45. The predicted molar refractivity (Wildman–Crippen MR) is 80.5 cm³/mol. The molecule has 18 heavy (non-hydrogen) atoms. The molecular formula is C17H17Te+. The van der Waals surface area contributed by atoms with Gasteiger partial charge < -0.3 is 0 Å². The van der Waals surface area contributed by atoms with Gasteiger partial charge in [0.15, 0.2) is 0 Å². The third kappa shape index (κ3) is 3.64. The third-order valence-electron chi connectivity index (χ3n) is 2.41. The zero-order chi connectivity index (χ0) is 12.8. The molecule has 0 aliphatic rings. The summed E-state index contributed by atoms with van der Waals surface area (Å²) in [5.41, 5.74) is 0. The van der Waals surface area contributed by atoms with Crippen molar-refractivity contribution in [3.63, 3.8) is 0 Å². The van der Waals surface area contributed by atoms with E-state index in [2.05, 4.69) is 84.4 Å². The molecule has 0 nitrogen and oxygen atoms in total. The van der Waals surface area contributed by atoms with Gasteiger partial charge in [-0.2, -0.15) is 0 Å². The standard InChI is InChI=1S/C17H17Te/c1-15(2)13-14-18(16-9-5-3-6-10-16)17-11-7-4-8-12-17/h3-12,15H,1-2H3/q+1. The van der Waals surface area contributed by atoms with Gasteiger partial charge >= 0.3 is 117 Å². The van der Waals surface area contributed by atoms with E-state index in [1.807, 2.05) is 0 Å². The molecule has 0 radical (unpaired) electrons. The molecule has 0 saturated heterocycles. The van der Waals surface area contributed by atoms with Crippen molar-refractivity contribution in [2.45, 2.75) is 13.8 Å². The van der Waals surface area contributed by atoms with Gasteiger partial charge in [-0.05, 0) is 0 Å². The van der Waals surface area contributed by atoms with Crippen molar-refractivity contribution in [1.29, 1.82) is 0 Å². The average molecular weight is 349 g/mol. The Labute approximate surface area is 117 Å². The third-order valence-corrected chi connectivity index (χ3v) is 7.57. The molecular weight excluding hydrogens is 332 g/mol. The van der Waals surface area contributed by atoms with E-state index in [1.165, 1.54) is 7.22 Å². The second-order valence-electron chi connectivity index (χ2n) is 4.33. The summed E-state index contributed by atoms with van der Waals surface area (Å²) in [7, 11) is 0. The molecule has 90 valence electrons. The molecule has 0 spiro atoms. The van der Waals surface area contributed by atoms with Crippen LogP contribution in [0.25, 0.3) is 0 Å². The van der Waals surface area contributed by atoms with Gasteiger partial charge in [-0.25, -0.2) is 0 Å². The summed E-state index contributed by atoms with van der Waals surface area (Å²) in [4.78, 5) is 0. The number of rotatable bonds is 2. The summed E-state index contributed by atoms with van der Waals surface area (Å²) < 4.78 is 6.43. The quantitative estimate of drug-likeness (QED) is 0.578. The monoisotopic (exact) mass is 351 g/mol. The molecule has 0 N–H and O–H groups in total. The van der Waals surface area contributed by atoms with Crippen LogP contribution in [0.4, 0.5) is 0 Å². The summed E-state index contributed by atoms with van der Waals surface area (Å²) in [5.74, 6) is 3.81. The van der Waals surface area contributed by atoms with Crippen LogP contribution >= 0.6 is 0 Å². The van der Waals surface area contributed by atoms with E-state index in [0.29, 0.717) is 5.92 Å². The van der Waals surface area contributed by atoms with Gasteiger partial charge in [-0.1, -0.05) is 0 Å². The van der Waals surface area contributed by atoms with Gasteiger partial charge in [0, 0.05) is 0 Å². The van der Waals surface area contributed by atoms with Crippen molar-refractivity contribution in [2.75, 3.05) is 0 Å². The summed E-state index contributed by atoms with van der Waals surface area (Å²) in [6, 6.07) is 21.5. The topological polar surface area (TPSA) is 0 Å². The van der Waals surface area contributed by atoms with E-state index in [4.69, 9.17) is 0 Å². The Balaban J connectivity index is 2.40. The molecule has 0 atom stereocenters. The van der Waals surface area contributed by atoms with Crippen LogP contribution in [0.3, 0.4) is 0 Å². The van der Waals surface area contributed by atoms with Crippen LogP contribution in [-0.4, -0.2) is 19.6 Å². The molecule has 0 aromatic heterocycles. The van der Waals surface area contributed by atoms with Gasteiger partial charge in [0.05, 0.1) is 0 Å². The molecule has 0 aliphatic carbocycles. The maximum absolute atomic E-state index is 3.57. The molecule has 0 bridgehead atoms. The molecule has 1 heteroatoms. The normalized spacial score (nSPS) is 10.2. The Hall–Kier alpha value is -1.21.